The zero-order valence-corrected chi connectivity index (χ0v) is 12.5. The van der Waals surface area contributed by atoms with Crippen LogP contribution in [0.1, 0.15) is 9.88 Å². The minimum atomic E-state index is 0. The van der Waals surface area contributed by atoms with Gasteiger partial charge in [-0.15, -0.1) is 35.3 Å². The van der Waals surface area contributed by atoms with Crippen molar-refractivity contribution in [2.75, 3.05) is 20.3 Å². The maximum Gasteiger partial charge on any atom is 0.189 e. The van der Waals surface area contributed by atoms with E-state index in [0.29, 0.717) is 25.7 Å². The van der Waals surface area contributed by atoms with Gasteiger partial charge >= 0.3 is 0 Å². The molecule has 0 saturated carbocycles. The molecule has 1 aromatic heterocycles. The van der Waals surface area contributed by atoms with Gasteiger partial charge < -0.3 is 15.8 Å². The Hall–Kier alpha value is -0.410. The molecule has 0 saturated heterocycles. The molecule has 16 heavy (non-hydrogen) atoms. The molecule has 0 spiro atoms. The second-order valence-corrected chi connectivity index (χ2v) is 4.29. The van der Waals surface area contributed by atoms with Crippen LogP contribution in [-0.4, -0.2) is 31.2 Å². The quantitative estimate of drug-likeness (QED) is 0.359. The highest BCUT2D eigenvalue weighted by Crippen LogP contribution is 2.11. The minimum Gasteiger partial charge on any atom is -0.383 e. The van der Waals surface area contributed by atoms with Gasteiger partial charge in [0.1, 0.15) is 0 Å². The molecule has 0 unspecified atom stereocenters. The van der Waals surface area contributed by atoms with E-state index < -0.39 is 0 Å². The first-order valence-corrected chi connectivity index (χ1v) is 5.48. The van der Waals surface area contributed by atoms with Crippen LogP contribution >= 0.6 is 35.3 Å². The molecule has 0 aliphatic carbocycles. The molecule has 0 aliphatic heterocycles. The summed E-state index contributed by atoms with van der Waals surface area (Å²) in [6.45, 7) is 3.85. The molecule has 0 radical (unpaired) electrons. The monoisotopic (exact) mass is 356 g/mol. The normalized spacial score (nSPS) is 11.0. The van der Waals surface area contributed by atoms with E-state index in [1.807, 2.05) is 13.1 Å². The highest BCUT2D eigenvalue weighted by Gasteiger charge is 1.97. The van der Waals surface area contributed by atoms with Gasteiger partial charge in [0, 0.05) is 24.7 Å². The molecule has 1 heterocycles. The fourth-order valence-corrected chi connectivity index (χ4v) is 1.70. The smallest absolute Gasteiger partial charge is 0.189 e. The molecule has 0 bridgehead atoms. The Morgan fingerprint density at radius 3 is 3.00 bits per heavy atom. The van der Waals surface area contributed by atoms with Crippen LogP contribution < -0.4 is 11.1 Å². The fraction of sp³-hybridized carbons (Fsp3) is 0.556. The standard InChI is InChI=1S/C9H16N4OS.HI/c1-7-12-5-8(15-7)6-13-9(10)11-3-4-14-2;/h5H,3-4,6H2,1-2H3,(H3,10,11,13);1H. The number of nitrogens with one attached hydrogen (secondary N) is 1. The van der Waals surface area contributed by atoms with Crippen LogP contribution in [0.5, 0.6) is 0 Å². The lowest BCUT2D eigenvalue weighted by molar-refractivity contribution is 0.204. The first-order chi connectivity index (χ1) is 7.22. The molecule has 1 rings (SSSR count). The van der Waals surface area contributed by atoms with Crippen LogP contribution in [0.2, 0.25) is 0 Å². The Morgan fingerprint density at radius 2 is 2.44 bits per heavy atom. The molecule has 1 aromatic rings. The van der Waals surface area contributed by atoms with Gasteiger partial charge in [-0.25, -0.2) is 9.98 Å². The number of halogens is 1. The summed E-state index contributed by atoms with van der Waals surface area (Å²) in [7, 11) is 1.65. The Bertz CT molecular complexity index is 329. The summed E-state index contributed by atoms with van der Waals surface area (Å²) < 4.78 is 4.88. The largest absolute Gasteiger partial charge is 0.383 e. The third-order valence-electron chi connectivity index (χ3n) is 1.69. The number of thiazole rings is 1. The summed E-state index contributed by atoms with van der Waals surface area (Å²) in [5.41, 5.74) is 5.64. The summed E-state index contributed by atoms with van der Waals surface area (Å²) in [6, 6.07) is 0. The van der Waals surface area contributed by atoms with E-state index >= 15 is 0 Å². The van der Waals surface area contributed by atoms with Crippen molar-refractivity contribution < 1.29 is 4.74 Å². The third kappa shape index (κ3) is 6.23. The van der Waals surface area contributed by atoms with Crippen molar-refractivity contribution in [2.45, 2.75) is 13.5 Å². The molecule has 92 valence electrons. The van der Waals surface area contributed by atoms with E-state index in [0.717, 1.165) is 9.88 Å². The maximum absolute atomic E-state index is 5.64. The van der Waals surface area contributed by atoms with E-state index in [1.54, 1.807) is 18.4 Å². The van der Waals surface area contributed by atoms with Crippen molar-refractivity contribution in [3.05, 3.63) is 16.1 Å². The first kappa shape index (κ1) is 15.6. The van der Waals surface area contributed by atoms with E-state index in [4.69, 9.17) is 10.5 Å². The number of rotatable bonds is 5. The number of methoxy groups -OCH3 is 1. The van der Waals surface area contributed by atoms with Gasteiger partial charge in [0.15, 0.2) is 5.96 Å². The zero-order chi connectivity index (χ0) is 11.1. The minimum absolute atomic E-state index is 0. The predicted octanol–water partition coefficient (Wildman–Crippen LogP) is 1.12. The number of nitrogens with two attached hydrogens (primary N) is 1. The van der Waals surface area contributed by atoms with Gasteiger partial charge in [-0.2, -0.15) is 0 Å². The molecule has 0 aromatic carbocycles. The van der Waals surface area contributed by atoms with Crippen molar-refractivity contribution in [1.29, 1.82) is 0 Å². The van der Waals surface area contributed by atoms with Crippen molar-refractivity contribution in [2.24, 2.45) is 10.7 Å². The number of hydrogen-bond donors (Lipinski definition) is 2. The number of nitrogens with zero attached hydrogens (tertiary/aromatic N) is 2. The molecule has 0 atom stereocenters. The van der Waals surface area contributed by atoms with E-state index in [1.165, 1.54) is 0 Å². The number of aliphatic imine (C=N–C) groups is 1. The van der Waals surface area contributed by atoms with Gasteiger partial charge in [0.25, 0.3) is 0 Å². The topological polar surface area (TPSA) is 72.5 Å². The molecule has 0 fully saturated rings. The van der Waals surface area contributed by atoms with Gasteiger partial charge in [-0.3, -0.25) is 0 Å². The van der Waals surface area contributed by atoms with Gasteiger partial charge in [-0.05, 0) is 6.92 Å². The Kier molecular flexibility index (Phi) is 8.49. The Labute approximate surface area is 117 Å². The van der Waals surface area contributed by atoms with E-state index in [2.05, 4.69) is 15.3 Å². The number of guanidine groups is 1. The summed E-state index contributed by atoms with van der Waals surface area (Å²) >= 11 is 1.63. The molecule has 5 nitrogen and oxygen atoms in total. The Balaban J connectivity index is 0.00000225. The fourth-order valence-electron chi connectivity index (χ4n) is 0.979. The van der Waals surface area contributed by atoms with Gasteiger partial charge in [0.2, 0.25) is 0 Å². The third-order valence-corrected chi connectivity index (χ3v) is 2.58. The van der Waals surface area contributed by atoms with Crippen molar-refractivity contribution in [3.63, 3.8) is 0 Å². The van der Waals surface area contributed by atoms with Crippen LogP contribution in [0.3, 0.4) is 0 Å². The second-order valence-electron chi connectivity index (χ2n) is 2.97. The van der Waals surface area contributed by atoms with Crippen LogP contribution in [-0.2, 0) is 11.3 Å². The van der Waals surface area contributed by atoms with Crippen LogP contribution in [0.25, 0.3) is 0 Å². The van der Waals surface area contributed by atoms with Crippen LogP contribution in [0.4, 0.5) is 0 Å². The second kappa shape index (κ2) is 8.71. The molecular weight excluding hydrogens is 339 g/mol. The highest BCUT2D eigenvalue weighted by molar-refractivity contribution is 14.0. The van der Waals surface area contributed by atoms with Gasteiger partial charge in [0.05, 0.1) is 18.2 Å². The number of hydrogen-bond acceptors (Lipinski definition) is 4. The van der Waals surface area contributed by atoms with Crippen LogP contribution in [0, 0.1) is 6.92 Å². The summed E-state index contributed by atoms with van der Waals surface area (Å²) in [5, 5.41) is 3.99. The lowest BCUT2D eigenvalue weighted by Crippen LogP contribution is -2.34. The van der Waals surface area contributed by atoms with Crippen molar-refractivity contribution >= 4 is 41.3 Å². The van der Waals surface area contributed by atoms with E-state index in [9.17, 15) is 0 Å². The summed E-state index contributed by atoms with van der Waals surface area (Å²) in [4.78, 5) is 9.43. The van der Waals surface area contributed by atoms with Crippen molar-refractivity contribution in [3.8, 4) is 0 Å². The van der Waals surface area contributed by atoms with Gasteiger partial charge in [-0.1, -0.05) is 0 Å². The number of aromatic nitrogens is 1. The molecule has 0 aliphatic rings. The SMILES string of the molecule is COCCNC(N)=NCc1cnc(C)s1.I. The molecular formula is C9H17IN4OS. The lowest BCUT2D eigenvalue weighted by atomic mass is 10.5. The maximum atomic E-state index is 5.64. The number of aryl methyl sites for hydroxylation is 1. The Morgan fingerprint density at radius 1 is 1.69 bits per heavy atom. The zero-order valence-electron chi connectivity index (χ0n) is 9.40. The average Bonchev–Trinajstić information content (AvgIpc) is 2.62. The first-order valence-electron chi connectivity index (χ1n) is 4.66. The average molecular weight is 356 g/mol. The number of ether oxygens (including phenoxy) is 1. The summed E-state index contributed by atoms with van der Waals surface area (Å²) in [6.07, 6.45) is 1.83. The van der Waals surface area contributed by atoms with Crippen molar-refractivity contribution in [1.82, 2.24) is 10.3 Å². The molecule has 3 N–H and O–H groups in total. The van der Waals surface area contributed by atoms with Crippen LogP contribution in [0.15, 0.2) is 11.2 Å². The van der Waals surface area contributed by atoms with E-state index in [-0.39, 0.29) is 24.0 Å². The lowest BCUT2D eigenvalue weighted by Gasteiger charge is -2.03. The molecule has 7 heteroatoms. The predicted molar refractivity (Wildman–Crippen MR) is 77.5 cm³/mol. The molecule has 0 amide bonds. The highest BCUT2D eigenvalue weighted by atomic mass is 127. The summed E-state index contributed by atoms with van der Waals surface area (Å²) in [5.74, 6) is 0.443.